The molecule has 96 valence electrons. The first-order chi connectivity index (χ1) is 8.30. The smallest absolute Gasteiger partial charge is 0.0307 e. The van der Waals surface area contributed by atoms with Gasteiger partial charge >= 0.3 is 0 Å². The predicted octanol–water partition coefficient (Wildman–Crippen LogP) is 3.44. The molecular formula is C14H24N2S. The Kier molecular flexibility index (Phi) is 7.33. The van der Waals surface area contributed by atoms with Crippen molar-refractivity contribution in [1.82, 2.24) is 5.43 Å². The minimum atomic E-state index is 0.408. The molecule has 3 N–H and O–H groups in total. The molecule has 0 bridgehead atoms. The summed E-state index contributed by atoms with van der Waals surface area (Å²) < 4.78 is 0. The van der Waals surface area contributed by atoms with Crippen molar-refractivity contribution in [2.45, 2.75) is 44.0 Å². The van der Waals surface area contributed by atoms with Gasteiger partial charge in [0, 0.05) is 16.7 Å². The lowest BCUT2D eigenvalue weighted by Crippen LogP contribution is -2.38. The fraction of sp³-hybridized carbons (Fsp3) is 0.571. The Morgan fingerprint density at radius 1 is 1.18 bits per heavy atom. The minimum absolute atomic E-state index is 0.408. The van der Waals surface area contributed by atoms with Crippen molar-refractivity contribution in [2.75, 3.05) is 5.75 Å². The van der Waals surface area contributed by atoms with Crippen LogP contribution >= 0.6 is 11.8 Å². The van der Waals surface area contributed by atoms with E-state index in [1.165, 1.54) is 24.2 Å². The van der Waals surface area contributed by atoms with Gasteiger partial charge in [0.1, 0.15) is 0 Å². The molecule has 0 aromatic heterocycles. The van der Waals surface area contributed by atoms with Crippen LogP contribution in [0.4, 0.5) is 0 Å². The number of hydrogen-bond donors (Lipinski definition) is 2. The van der Waals surface area contributed by atoms with Gasteiger partial charge in [-0.15, -0.1) is 11.8 Å². The van der Waals surface area contributed by atoms with Crippen molar-refractivity contribution in [2.24, 2.45) is 11.8 Å². The minimum Gasteiger partial charge on any atom is -0.271 e. The lowest BCUT2D eigenvalue weighted by molar-refractivity contribution is 0.387. The van der Waals surface area contributed by atoms with E-state index in [9.17, 15) is 0 Å². The summed E-state index contributed by atoms with van der Waals surface area (Å²) in [4.78, 5) is 1.32. The second-order valence-electron chi connectivity index (χ2n) is 4.41. The van der Waals surface area contributed by atoms with E-state index in [0.29, 0.717) is 6.04 Å². The number of nitrogens with one attached hydrogen (secondary N) is 1. The summed E-state index contributed by atoms with van der Waals surface area (Å²) >= 11 is 1.87. The second kappa shape index (κ2) is 8.56. The van der Waals surface area contributed by atoms with Crippen LogP contribution < -0.4 is 11.3 Å². The zero-order valence-corrected chi connectivity index (χ0v) is 11.7. The van der Waals surface area contributed by atoms with Crippen LogP contribution in [-0.2, 0) is 0 Å². The highest BCUT2D eigenvalue weighted by Gasteiger charge is 2.13. The third-order valence-corrected chi connectivity index (χ3v) is 4.38. The first-order valence-corrected chi connectivity index (χ1v) is 7.42. The van der Waals surface area contributed by atoms with Gasteiger partial charge in [-0.05, 0) is 24.5 Å². The molecule has 1 rings (SSSR count). The second-order valence-corrected chi connectivity index (χ2v) is 5.50. The summed E-state index contributed by atoms with van der Waals surface area (Å²) in [6.45, 7) is 4.51. The van der Waals surface area contributed by atoms with E-state index in [1.54, 1.807) is 0 Å². The molecule has 1 aromatic carbocycles. The molecule has 0 radical (unpaired) electrons. The maximum absolute atomic E-state index is 5.63. The van der Waals surface area contributed by atoms with Crippen LogP contribution in [0.2, 0.25) is 0 Å². The summed E-state index contributed by atoms with van der Waals surface area (Å²) in [6.07, 6.45) is 3.65. The molecule has 0 heterocycles. The number of nitrogens with two attached hydrogens (primary N) is 1. The summed E-state index contributed by atoms with van der Waals surface area (Å²) in [5.41, 5.74) is 2.95. The van der Waals surface area contributed by atoms with Gasteiger partial charge in [-0.1, -0.05) is 44.9 Å². The number of hydrogen-bond acceptors (Lipinski definition) is 3. The molecule has 0 aliphatic rings. The van der Waals surface area contributed by atoms with Crippen LogP contribution in [0.25, 0.3) is 0 Å². The first kappa shape index (κ1) is 14.6. The lowest BCUT2D eigenvalue weighted by Gasteiger charge is -2.20. The van der Waals surface area contributed by atoms with E-state index in [4.69, 9.17) is 5.84 Å². The van der Waals surface area contributed by atoms with Crippen molar-refractivity contribution in [3.63, 3.8) is 0 Å². The normalized spacial score (nSPS) is 12.9. The largest absolute Gasteiger partial charge is 0.271 e. The van der Waals surface area contributed by atoms with Crippen molar-refractivity contribution < 1.29 is 0 Å². The highest BCUT2D eigenvalue weighted by molar-refractivity contribution is 7.99. The molecule has 1 atom stereocenters. The molecule has 0 aliphatic heterocycles. The van der Waals surface area contributed by atoms with E-state index in [-0.39, 0.29) is 0 Å². The number of benzene rings is 1. The monoisotopic (exact) mass is 252 g/mol. The van der Waals surface area contributed by atoms with Gasteiger partial charge in [0.15, 0.2) is 0 Å². The van der Waals surface area contributed by atoms with Crippen LogP contribution in [-0.4, -0.2) is 11.8 Å². The lowest BCUT2D eigenvalue weighted by atomic mass is 9.96. The Bertz CT molecular complexity index is 286. The molecule has 0 saturated carbocycles. The Morgan fingerprint density at radius 2 is 1.82 bits per heavy atom. The maximum Gasteiger partial charge on any atom is 0.0307 e. The zero-order valence-electron chi connectivity index (χ0n) is 10.9. The van der Waals surface area contributed by atoms with Gasteiger partial charge in [0.25, 0.3) is 0 Å². The number of thioether (sulfide) groups is 1. The zero-order chi connectivity index (χ0) is 12.5. The summed E-state index contributed by atoms with van der Waals surface area (Å²) in [7, 11) is 0. The summed E-state index contributed by atoms with van der Waals surface area (Å²) in [6, 6.07) is 10.9. The third kappa shape index (κ3) is 5.57. The first-order valence-electron chi connectivity index (χ1n) is 6.44. The fourth-order valence-electron chi connectivity index (χ4n) is 1.92. The SMILES string of the molecule is CCC(CC)CC(CSc1ccccc1)NN. The van der Waals surface area contributed by atoms with Crippen molar-refractivity contribution in [1.29, 1.82) is 0 Å². The van der Waals surface area contributed by atoms with E-state index in [2.05, 4.69) is 43.5 Å². The topological polar surface area (TPSA) is 38.0 Å². The van der Waals surface area contributed by atoms with Crippen molar-refractivity contribution in [3.05, 3.63) is 30.3 Å². The van der Waals surface area contributed by atoms with E-state index < -0.39 is 0 Å². The number of hydrazine groups is 1. The molecule has 0 spiro atoms. The van der Waals surface area contributed by atoms with Crippen LogP contribution in [0.5, 0.6) is 0 Å². The molecule has 3 heteroatoms. The summed E-state index contributed by atoms with van der Waals surface area (Å²) in [5, 5.41) is 0. The molecule has 2 nitrogen and oxygen atoms in total. The van der Waals surface area contributed by atoms with Gasteiger partial charge < -0.3 is 0 Å². The highest BCUT2D eigenvalue weighted by atomic mass is 32.2. The molecule has 0 amide bonds. The standard InChI is InChI=1S/C14H24N2S/c1-3-12(4-2)10-13(16-15)11-17-14-8-6-5-7-9-14/h5-9,12-13,16H,3-4,10-11,15H2,1-2H3. The van der Waals surface area contributed by atoms with E-state index in [1.807, 2.05) is 17.8 Å². The fourth-order valence-corrected chi connectivity index (χ4v) is 2.90. The molecule has 0 saturated heterocycles. The average molecular weight is 252 g/mol. The van der Waals surface area contributed by atoms with Crippen molar-refractivity contribution >= 4 is 11.8 Å². The summed E-state index contributed by atoms with van der Waals surface area (Å²) in [5.74, 6) is 7.45. The average Bonchev–Trinajstić information content (AvgIpc) is 2.40. The Hall–Kier alpha value is -0.510. The van der Waals surface area contributed by atoms with Gasteiger partial charge in [0.05, 0.1) is 0 Å². The van der Waals surface area contributed by atoms with Gasteiger partial charge in [-0.3, -0.25) is 11.3 Å². The molecular weight excluding hydrogens is 228 g/mol. The molecule has 17 heavy (non-hydrogen) atoms. The maximum atomic E-state index is 5.63. The molecule has 0 fully saturated rings. The quantitative estimate of drug-likeness (QED) is 0.423. The third-order valence-electron chi connectivity index (χ3n) is 3.20. The van der Waals surface area contributed by atoms with Crippen LogP contribution in [0.15, 0.2) is 35.2 Å². The highest BCUT2D eigenvalue weighted by Crippen LogP contribution is 2.22. The predicted molar refractivity (Wildman–Crippen MR) is 77.0 cm³/mol. The van der Waals surface area contributed by atoms with Crippen molar-refractivity contribution in [3.8, 4) is 0 Å². The van der Waals surface area contributed by atoms with E-state index in [0.717, 1.165) is 11.7 Å². The molecule has 0 aliphatic carbocycles. The number of rotatable bonds is 8. The molecule has 1 aromatic rings. The van der Waals surface area contributed by atoms with Gasteiger partial charge in [-0.25, -0.2) is 0 Å². The van der Waals surface area contributed by atoms with Gasteiger partial charge in [0.2, 0.25) is 0 Å². The van der Waals surface area contributed by atoms with Crippen LogP contribution in [0, 0.1) is 5.92 Å². The Balaban J connectivity index is 2.37. The Morgan fingerprint density at radius 3 is 2.35 bits per heavy atom. The van der Waals surface area contributed by atoms with Gasteiger partial charge in [-0.2, -0.15) is 0 Å². The molecule has 1 unspecified atom stereocenters. The van der Waals surface area contributed by atoms with Crippen LogP contribution in [0.1, 0.15) is 33.1 Å². The van der Waals surface area contributed by atoms with Crippen LogP contribution in [0.3, 0.4) is 0 Å². The van der Waals surface area contributed by atoms with E-state index >= 15 is 0 Å². The Labute approximate surface area is 109 Å².